The Morgan fingerprint density at radius 2 is 1.21 bits per heavy atom. The number of nitrogens with zero attached hydrogens (tertiary/aromatic N) is 3. The number of hydrogen-bond donors (Lipinski definition) is 0. The molecule has 0 radical (unpaired) electrons. The molecule has 0 fully saturated rings. The first-order valence-corrected chi connectivity index (χ1v) is 16.0. The van der Waals surface area contributed by atoms with Gasteiger partial charge in [-0.2, -0.15) is 0 Å². The lowest BCUT2D eigenvalue weighted by Crippen LogP contribution is -2.04. The molecule has 0 aliphatic rings. The summed E-state index contributed by atoms with van der Waals surface area (Å²) in [6, 6.07) is 45.4. The fourth-order valence-corrected chi connectivity index (χ4v) is 9.37. The standard InChI is InChI=1S/C38H21N3S2/c1-2-11-23(12-3-1)34-28-19-18-22-10-4-5-13-24(22)35(28)40-38(39-34)41-29-16-8-6-14-25(29)26-20-21-31-33(36(26)41)32-27-15-7-9-17-30(27)42-37(32)43-31/h1-21H. The van der Waals surface area contributed by atoms with Crippen LogP contribution < -0.4 is 0 Å². The first-order chi connectivity index (χ1) is 21.3. The van der Waals surface area contributed by atoms with Crippen molar-refractivity contribution in [3.63, 3.8) is 0 Å². The molecule has 0 unspecified atom stereocenters. The summed E-state index contributed by atoms with van der Waals surface area (Å²) in [5.74, 6) is 0.695. The maximum absolute atomic E-state index is 5.41. The molecule has 4 heterocycles. The fourth-order valence-electron chi connectivity index (χ4n) is 6.77. The van der Waals surface area contributed by atoms with Crippen LogP contribution in [-0.2, 0) is 0 Å². The summed E-state index contributed by atoms with van der Waals surface area (Å²) in [4.78, 5) is 10.8. The van der Waals surface area contributed by atoms with Crippen molar-refractivity contribution in [3.05, 3.63) is 127 Å². The fraction of sp³-hybridized carbons (Fsp3) is 0. The second kappa shape index (κ2) is 8.71. The number of fused-ring (bicyclic) bond motifs is 12. The minimum Gasteiger partial charge on any atom is -0.277 e. The summed E-state index contributed by atoms with van der Waals surface area (Å²) >= 11 is 3.77. The van der Waals surface area contributed by atoms with Crippen molar-refractivity contribution in [1.29, 1.82) is 0 Å². The molecule has 3 nitrogen and oxygen atoms in total. The summed E-state index contributed by atoms with van der Waals surface area (Å²) in [5, 5.41) is 9.73. The zero-order chi connectivity index (χ0) is 28.1. The van der Waals surface area contributed by atoms with Crippen LogP contribution in [0, 0.1) is 0 Å². The second-order valence-electron chi connectivity index (χ2n) is 11.0. The van der Waals surface area contributed by atoms with Gasteiger partial charge in [-0.25, -0.2) is 9.97 Å². The SMILES string of the molecule is c1ccc(-c2nc(-n3c4ccccc4c4ccc5sc6sc7ccccc7c6c5c43)nc3c2ccc2ccccc23)cc1. The molecule has 5 heteroatoms. The van der Waals surface area contributed by atoms with Crippen LogP contribution in [0.5, 0.6) is 0 Å². The summed E-state index contributed by atoms with van der Waals surface area (Å²) in [7, 11) is 0. The average molecular weight is 584 g/mol. The van der Waals surface area contributed by atoms with E-state index < -0.39 is 0 Å². The van der Waals surface area contributed by atoms with Crippen LogP contribution in [0.3, 0.4) is 0 Å². The van der Waals surface area contributed by atoms with Gasteiger partial charge in [-0.1, -0.05) is 103 Å². The summed E-state index contributed by atoms with van der Waals surface area (Å²) in [6.45, 7) is 0. The van der Waals surface area contributed by atoms with Crippen molar-refractivity contribution in [2.24, 2.45) is 0 Å². The van der Waals surface area contributed by atoms with Crippen molar-refractivity contribution < 1.29 is 0 Å². The van der Waals surface area contributed by atoms with Gasteiger partial charge in [0.05, 0.1) is 26.3 Å². The van der Waals surface area contributed by atoms with Crippen molar-refractivity contribution in [3.8, 4) is 17.2 Å². The monoisotopic (exact) mass is 583 g/mol. The molecule has 10 aromatic rings. The normalized spacial score (nSPS) is 12.2. The molecule has 0 atom stereocenters. The Balaban J connectivity index is 1.44. The first kappa shape index (κ1) is 23.5. The number of benzene rings is 6. The zero-order valence-corrected chi connectivity index (χ0v) is 24.4. The van der Waals surface area contributed by atoms with Crippen LogP contribution in [0.4, 0.5) is 0 Å². The molecular weight excluding hydrogens is 563 g/mol. The number of hydrogen-bond acceptors (Lipinski definition) is 4. The van der Waals surface area contributed by atoms with E-state index in [0.717, 1.165) is 33.1 Å². The molecule has 0 saturated heterocycles. The van der Waals surface area contributed by atoms with Crippen LogP contribution >= 0.6 is 22.7 Å². The lowest BCUT2D eigenvalue weighted by Gasteiger charge is -2.13. The third-order valence-corrected chi connectivity index (χ3v) is 11.1. The first-order valence-electron chi connectivity index (χ1n) is 14.3. The molecular formula is C38H21N3S2. The van der Waals surface area contributed by atoms with Crippen LogP contribution in [0.25, 0.3) is 90.3 Å². The number of rotatable bonds is 2. The van der Waals surface area contributed by atoms with Crippen LogP contribution in [0.2, 0.25) is 0 Å². The van der Waals surface area contributed by atoms with Gasteiger partial charge in [-0.3, -0.25) is 4.57 Å². The van der Waals surface area contributed by atoms with Crippen molar-refractivity contribution >= 4 is 95.7 Å². The van der Waals surface area contributed by atoms with E-state index in [9.17, 15) is 0 Å². The summed E-state index contributed by atoms with van der Waals surface area (Å²) in [6.07, 6.45) is 0. The van der Waals surface area contributed by atoms with Gasteiger partial charge in [-0.15, -0.1) is 22.7 Å². The Labute approximate surface area is 253 Å². The molecule has 0 aliphatic carbocycles. The summed E-state index contributed by atoms with van der Waals surface area (Å²) in [5.41, 5.74) is 5.28. The number of thiophene rings is 2. The predicted molar refractivity (Wildman–Crippen MR) is 185 cm³/mol. The van der Waals surface area contributed by atoms with E-state index in [4.69, 9.17) is 9.97 Å². The van der Waals surface area contributed by atoms with Gasteiger partial charge in [0.15, 0.2) is 0 Å². The van der Waals surface area contributed by atoms with Gasteiger partial charge in [0, 0.05) is 52.7 Å². The maximum Gasteiger partial charge on any atom is 0.235 e. The van der Waals surface area contributed by atoms with Crippen molar-refractivity contribution in [1.82, 2.24) is 14.5 Å². The topological polar surface area (TPSA) is 30.7 Å². The molecule has 0 saturated carbocycles. The highest BCUT2D eigenvalue weighted by Gasteiger charge is 2.22. The molecule has 0 aliphatic heterocycles. The van der Waals surface area contributed by atoms with E-state index in [1.165, 1.54) is 51.2 Å². The van der Waals surface area contributed by atoms with Crippen molar-refractivity contribution in [2.75, 3.05) is 0 Å². The Morgan fingerprint density at radius 1 is 0.488 bits per heavy atom. The highest BCUT2D eigenvalue weighted by atomic mass is 32.2. The quantitative estimate of drug-likeness (QED) is 0.190. The van der Waals surface area contributed by atoms with E-state index in [1.807, 2.05) is 22.7 Å². The molecule has 6 aromatic carbocycles. The van der Waals surface area contributed by atoms with E-state index in [0.29, 0.717) is 5.95 Å². The Kier molecular flexibility index (Phi) is 4.75. The predicted octanol–water partition coefficient (Wildman–Crippen LogP) is 11.1. The molecule has 200 valence electrons. The third kappa shape index (κ3) is 3.23. The lowest BCUT2D eigenvalue weighted by molar-refractivity contribution is 1.02. The minimum atomic E-state index is 0.695. The Bertz CT molecular complexity index is 2730. The highest BCUT2D eigenvalue weighted by Crippen LogP contribution is 2.48. The van der Waals surface area contributed by atoms with Gasteiger partial charge in [0.25, 0.3) is 0 Å². The molecule has 0 spiro atoms. The molecule has 0 bridgehead atoms. The summed E-state index contributed by atoms with van der Waals surface area (Å²) < 4.78 is 6.29. The molecule has 4 aromatic heterocycles. The smallest absolute Gasteiger partial charge is 0.235 e. The van der Waals surface area contributed by atoms with E-state index >= 15 is 0 Å². The largest absolute Gasteiger partial charge is 0.277 e. The van der Waals surface area contributed by atoms with E-state index in [2.05, 4.69) is 132 Å². The van der Waals surface area contributed by atoms with E-state index in [-0.39, 0.29) is 0 Å². The molecule has 43 heavy (non-hydrogen) atoms. The van der Waals surface area contributed by atoms with Gasteiger partial charge in [0.1, 0.15) is 0 Å². The average Bonchev–Trinajstić information content (AvgIpc) is 3.72. The van der Waals surface area contributed by atoms with E-state index in [1.54, 1.807) is 0 Å². The molecule has 0 amide bonds. The highest BCUT2D eigenvalue weighted by molar-refractivity contribution is 7.44. The van der Waals surface area contributed by atoms with Gasteiger partial charge >= 0.3 is 0 Å². The number of aromatic nitrogens is 3. The van der Waals surface area contributed by atoms with Gasteiger partial charge in [-0.05, 0) is 29.7 Å². The van der Waals surface area contributed by atoms with Crippen LogP contribution in [-0.4, -0.2) is 14.5 Å². The Hall–Kier alpha value is -5.10. The minimum absolute atomic E-state index is 0.695. The lowest BCUT2D eigenvalue weighted by atomic mass is 10.0. The second-order valence-corrected chi connectivity index (χ2v) is 13.3. The third-order valence-electron chi connectivity index (χ3n) is 8.64. The zero-order valence-electron chi connectivity index (χ0n) is 22.8. The molecule has 10 rings (SSSR count). The Morgan fingerprint density at radius 3 is 2.12 bits per heavy atom. The van der Waals surface area contributed by atoms with Crippen molar-refractivity contribution in [2.45, 2.75) is 0 Å². The molecule has 0 N–H and O–H groups in total. The van der Waals surface area contributed by atoms with Crippen LogP contribution in [0.1, 0.15) is 0 Å². The maximum atomic E-state index is 5.41. The number of para-hydroxylation sites is 1. The van der Waals surface area contributed by atoms with Crippen LogP contribution in [0.15, 0.2) is 127 Å². The van der Waals surface area contributed by atoms with Gasteiger partial charge < -0.3 is 0 Å². The van der Waals surface area contributed by atoms with Gasteiger partial charge in [0.2, 0.25) is 5.95 Å².